The fraction of sp³-hybridized carbons (Fsp3) is 0.381. The Morgan fingerprint density at radius 1 is 1.16 bits per heavy atom. The third-order valence-electron chi connectivity index (χ3n) is 5.12. The molecule has 1 aliphatic rings. The van der Waals surface area contributed by atoms with Gasteiger partial charge in [-0.25, -0.2) is 8.42 Å². The second kappa shape index (κ2) is 9.88. The molecule has 1 N–H and O–H groups in total. The summed E-state index contributed by atoms with van der Waals surface area (Å²) in [5, 5.41) is 10.8. The summed E-state index contributed by atoms with van der Waals surface area (Å²) in [5.74, 6) is 0.406. The molecule has 0 aliphatic carbocycles. The highest BCUT2D eigenvalue weighted by Crippen LogP contribution is 2.27. The molecule has 1 amide bonds. The van der Waals surface area contributed by atoms with Crippen LogP contribution in [0.4, 0.5) is 5.69 Å². The Bertz CT molecular complexity index is 1170. The van der Waals surface area contributed by atoms with E-state index in [0.717, 1.165) is 37.4 Å². The Kier molecular flexibility index (Phi) is 6.97. The summed E-state index contributed by atoms with van der Waals surface area (Å²) in [5.41, 5.74) is 1.08. The zero-order valence-corrected chi connectivity index (χ0v) is 19.2. The summed E-state index contributed by atoms with van der Waals surface area (Å²) in [6.07, 6.45) is 5.32. The van der Waals surface area contributed by atoms with Gasteiger partial charge in [-0.1, -0.05) is 30.7 Å². The third-order valence-corrected chi connectivity index (χ3v) is 7.98. The number of nitrogens with zero attached hydrogens (tertiary/aromatic N) is 3. The van der Waals surface area contributed by atoms with Gasteiger partial charge in [0.15, 0.2) is 5.76 Å². The SMILES string of the molecule is Cc1ccc(NC(=O)CSc2nnc(-c3ccco3)o2)cc1S(=O)(=O)N1CCCCCC1. The number of hydrogen-bond acceptors (Lipinski definition) is 8. The minimum atomic E-state index is -3.61. The largest absolute Gasteiger partial charge is 0.459 e. The van der Waals surface area contributed by atoms with Crippen molar-refractivity contribution in [3.8, 4) is 11.7 Å². The second-order valence-corrected chi connectivity index (χ2v) is 10.3. The van der Waals surface area contributed by atoms with Crippen molar-refractivity contribution < 1.29 is 22.0 Å². The Hall–Kier alpha value is -2.63. The molecular weight excluding hydrogens is 452 g/mol. The van der Waals surface area contributed by atoms with Crippen LogP contribution in [0.1, 0.15) is 31.2 Å². The predicted octanol–water partition coefficient (Wildman–Crippen LogP) is 3.93. The molecule has 9 nitrogen and oxygen atoms in total. The Morgan fingerprint density at radius 2 is 1.94 bits per heavy atom. The van der Waals surface area contributed by atoms with Crippen LogP contribution in [0.5, 0.6) is 0 Å². The van der Waals surface area contributed by atoms with Crippen LogP contribution < -0.4 is 5.32 Å². The van der Waals surface area contributed by atoms with Crippen LogP contribution in [0.2, 0.25) is 0 Å². The van der Waals surface area contributed by atoms with Gasteiger partial charge in [0, 0.05) is 18.8 Å². The minimum Gasteiger partial charge on any atom is -0.459 e. The molecule has 4 rings (SSSR count). The first-order valence-electron chi connectivity index (χ1n) is 10.3. The van der Waals surface area contributed by atoms with Crippen molar-refractivity contribution in [2.24, 2.45) is 0 Å². The topological polar surface area (TPSA) is 119 Å². The van der Waals surface area contributed by atoms with Crippen LogP contribution in [0.25, 0.3) is 11.7 Å². The van der Waals surface area contributed by atoms with Crippen LogP contribution in [0.15, 0.2) is 55.5 Å². The van der Waals surface area contributed by atoms with Crippen molar-refractivity contribution in [1.29, 1.82) is 0 Å². The van der Waals surface area contributed by atoms with Gasteiger partial charge in [-0.3, -0.25) is 4.79 Å². The average molecular weight is 477 g/mol. The van der Waals surface area contributed by atoms with Crippen LogP contribution in [0.3, 0.4) is 0 Å². The van der Waals surface area contributed by atoms with Gasteiger partial charge >= 0.3 is 0 Å². The molecule has 0 atom stereocenters. The highest BCUT2D eigenvalue weighted by molar-refractivity contribution is 7.99. The van der Waals surface area contributed by atoms with Crippen molar-refractivity contribution in [2.45, 2.75) is 42.7 Å². The summed E-state index contributed by atoms with van der Waals surface area (Å²) >= 11 is 1.08. The minimum absolute atomic E-state index is 0.0296. The van der Waals surface area contributed by atoms with E-state index >= 15 is 0 Å². The number of rotatable bonds is 7. The monoisotopic (exact) mass is 476 g/mol. The Balaban J connectivity index is 1.40. The number of furan rings is 1. The van der Waals surface area contributed by atoms with Crippen molar-refractivity contribution in [1.82, 2.24) is 14.5 Å². The summed E-state index contributed by atoms with van der Waals surface area (Å²) in [6.45, 7) is 2.82. The molecule has 0 unspecified atom stereocenters. The molecular formula is C21H24N4O5S2. The van der Waals surface area contributed by atoms with E-state index < -0.39 is 10.0 Å². The van der Waals surface area contributed by atoms with Gasteiger partial charge in [0.2, 0.25) is 15.9 Å². The van der Waals surface area contributed by atoms with Gasteiger partial charge < -0.3 is 14.2 Å². The number of carbonyl (C=O) groups is 1. The lowest BCUT2D eigenvalue weighted by molar-refractivity contribution is -0.113. The number of aromatic nitrogens is 2. The number of hydrogen-bond donors (Lipinski definition) is 1. The highest BCUT2D eigenvalue weighted by Gasteiger charge is 2.27. The van der Waals surface area contributed by atoms with E-state index in [0.29, 0.717) is 30.1 Å². The zero-order chi connectivity index (χ0) is 22.6. The van der Waals surface area contributed by atoms with Gasteiger partial charge in [0.05, 0.1) is 16.9 Å². The van der Waals surface area contributed by atoms with Crippen LogP contribution >= 0.6 is 11.8 Å². The van der Waals surface area contributed by atoms with Crippen molar-refractivity contribution >= 4 is 33.4 Å². The van der Waals surface area contributed by atoms with E-state index in [1.165, 1.54) is 12.3 Å². The van der Waals surface area contributed by atoms with E-state index in [4.69, 9.17) is 8.83 Å². The quantitative estimate of drug-likeness (QED) is 0.510. The smallest absolute Gasteiger partial charge is 0.284 e. The number of aryl methyl sites for hydroxylation is 1. The number of carbonyl (C=O) groups excluding carboxylic acids is 1. The van der Waals surface area contributed by atoms with Crippen molar-refractivity contribution in [3.63, 3.8) is 0 Å². The highest BCUT2D eigenvalue weighted by atomic mass is 32.2. The van der Waals surface area contributed by atoms with Gasteiger partial charge in [-0.05, 0) is 49.6 Å². The normalized spacial score (nSPS) is 15.4. The number of amides is 1. The summed E-state index contributed by atoms with van der Waals surface area (Å²) in [4.78, 5) is 12.6. The van der Waals surface area contributed by atoms with Crippen LogP contribution in [-0.4, -0.2) is 47.7 Å². The molecule has 3 aromatic rings. The number of nitrogens with one attached hydrogen (secondary N) is 1. The predicted molar refractivity (Wildman–Crippen MR) is 120 cm³/mol. The molecule has 1 saturated heterocycles. The van der Waals surface area contributed by atoms with Gasteiger partial charge in [0.1, 0.15) is 0 Å². The molecule has 2 aromatic heterocycles. The Labute approximate surface area is 190 Å². The number of benzene rings is 1. The molecule has 170 valence electrons. The Morgan fingerprint density at radius 3 is 2.66 bits per heavy atom. The molecule has 3 heterocycles. The molecule has 1 aromatic carbocycles. The fourth-order valence-corrected chi connectivity index (χ4v) is 5.80. The maximum absolute atomic E-state index is 13.2. The van der Waals surface area contributed by atoms with Crippen molar-refractivity contribution in [3.05, 3.63) is 42.2 Å². The second-order valence-electron chi connectivity index (χ2n) is 7.49. The number of sulfonamides is 1. The maximum Gasteiger partial charge on any atom is 0.284 e. The summed E-state index contributed by atoms with van der Waals surface area (Å²) in [6, 6.07) is 8.34. The average Bonchev–Trinajstić information content (AvgIpc) is 3.39. The molecule has 0 spiro atoms. The van der Waals surface area contributed by atoms with Gasteiger partial charge in [-0.2, -0.15) is 4.31 Å². The first kappa shape index (κ1) is 22.6. The van der Waals surface area contributed by atoms with E-state index in [9.17, 15) is 13.2 Å². The van der Waals surface area contributed by atoms with Gasteiger partial charge in [-0.15, -0.1) is 10.2 Å². The maximum atomic E-state index is 13.2. The zero-order valence-electron chi connectivity index (χ0n) is 17.6. The fourth-order valence-electron chi connectivity index (χ4n) is 3.47. The van der Waals surface area contributed by atoms with Gasteiger partial charge in [0.25, 0.3) is 11.1 Å². The first-order valence-corrected chi connectivity index (χ1v) is 12.8. The lowest BCUT2D eigenvalue weighted by atomic mass is 10.2. The molecule has 1 aliphatic heterocycles. The molecule has 0 radical (unpaired) electrons. The first-order chi connectivity index (χ1) is 15.4. The molecule has 32 heavy (non-hydrogen) atoms. The van der Waals surface area contributed by atoms with E-state index in [2.05, 4.69) is 15.5 Å². The number of anilines is 1. The lowest BCUT2D eigenvalue weighted by Crippen LogP contribution is -2.32. The standard InChI is InChI=1S/C21H24N4O5S2/c1-15-8-9-16(13-18(15)32(27,28)25-10-4-2-3-5-11-25)22-19(26)14-31-21-24-23-20(30-21)17-7-6-12-29-17/h6-9,12-13H,2-5,10-11,14H2,1H3,(H,22,26). The van der Waals surface area contributed by atoms with E-state index in [-0.39, 0.29) is 27.7 Å². The van der Waals surface area contributed by atoms with Crippen LogP contribution in [-0.2, 0) is 14.8 Å². The van der Waals surface area contributed by atoms with E-state index in [1.54, 1.807) is 35.5 Å². The number of thioether (sulfide) groups is 1. The summed E-state index contributed by atoms with van der Waals surface area (Å²) < 4.78 is 38.6. The molecule has 0 saturated carbocycles. The van der Waals surface area contributed by atoms with Crippen molar-refractivity contribution in [2.75, 3.05) is 24.2 Å². The summed E-state index contributed by atoms with van der Waals surface area (Å²) in [7, 11) is -3.61. The molecule has 1 fully saturated rings. The van der Waals surface area contributed by atoms with E-state index in [1.807, 2.05) is 0 Å². The lowest BCUT2D eigenvalue weighted by Gasteiger charge is -2.21. The molecule has 0 bridgehead atoms. The third kappa shape index (κ3) is 5.22. The molecule has 11 heteroatoms. The van der Waals surface area contributed by atoms with Crippen LogP contribution in [0, 0.1) is 6.92 Å².